The van der Waals surface area contributed by atoms with E-state index in [0.29, 0.717) is 31.0 Å². The number of nitrogens with one attached hydrogen (secondary N) is 2. The van der Waals surface area contributed by atoms with Crippen LogP contribution in [0.5, 0.6) is 0 Å². The summed E-state index contributed by atoms with van der Waals surface area (Å²) in [6.45, 7) is 4.79. The molecular formula is C20H22N4O3. The first-order valence-corrected chi connectivity index (χ1v) is 8.77. The van der Waals surface area contributed by atoms with Gasteiger partial charge in [-0.3, -0.25) is 4.79 Å². The summed E-state index contributed by atoms with van der Waals surface area (Å²) in [5, 5.41) is 9.92. The molecule has 0 unspecified atom stereocenters. The number of hydrogen-bond acceptors (Lipinski definition) is 4. The standard InChI is InChI=1S/C20H22N4O3/c1-14-6-7-16(15(2)13-14)22-20(26)21-10-4-11-24-19(25)9-8-17(23-24)18-5-3-12-27-18/h3,5-9,12-13H,4,10-11H2,1-2H3,(H2,21,22,26). The molecule has 3 rings (SSSR count). The van der Waals surface area contributed by atoms with Gasteiger partial charge in [0.05, 0.1) is 6.26 Å². The normalized spacial score (nSPS) is 10.6. The zero-order chi connectivity index (χ0) is 19.2. The van der Waals surface area contributed by atoms with Crippen molar-refractivity contribution in [2.75, 3.05) is 11.9 Å². The molecule has 0 saturated carbocycles. The van der Waals surface area contributed by atoms with Gasteiger partial charge in [0.1, 0.15) is 5.69 Å². The van der Waals surface area contributed by atoms with Crippen molar-refractivity contribution in [1.29, 1.82) is 0 Å². The highest BCUT2D eigenvalue weighted by atomic mass is 16.3. The first-order valence-electron chi connectivity index (χ1n) is 8.77. The van der Waals surface area contributed by atoms with Crippen molar-refractivity contribution in [1.82, 2.24) is 15.1 Å². The average molecular weight is 366 g/mol. The molecule has 1 aromatic carbocycles. The molecule has 0 aliphatic rings. The third-order valence-corrected chi connectivity index (χ3v) is 4.10. The molecule has 2 aromatic heterocycles. The first-order chi connectivity index (χ1) is 13.0. The van der Waals surface area contributed by atoms with Crippen molar-refractivity contribution < 1.29 is 9.21 Å². The molecule has 2 amide bonds. The van der Waals surface area contributed by atoms with Crippen molar-refractivity contribution in [2.45, 2.75) is 26.8 Å². The fourth-order valence-corrected chi connectivity index (χ4v) is 2.72. The number of rotatable bonds is 6. The van der Waals surface area contributed by atoms with Gasteiger partial charge in [-0.15, -0.1) is 0 Å². The lowest BCUT2D eigenvalue weighted by molar-refractivity contribution is 0.251. The van der Waals surface area contributed by atoms with E-state index >= 15 is 0 Å². The Bertz CT molecular complexity index is 977. The van der Waals surface area contributed by atoms with E-state index in [9.17, 15) is 9.59 Å². The van der Waals surface area contributed by atoms with Gasteiger partial charge in [0.25, 0.3) is 5.56 Å². The first kappa shape index (κ1) is 18.4. The fourth-order valence-electron chi connectivity index (χ4n) is 2.72. The molecule has 0 saturated heterocycles. The lowest BCUT2D eigenvalue weighted by atomic mass is 10.1. The van der Waals surface area contributed by atoms with E-state index in [-0.39, 0.29) is 11.6 Å². The van der Waals surface area contributed by atoms with Crippen molar-refractivity contribution in [3.8, 4) is 11.5 Å². The Kier molecular flexibility index (Phi) is 5.71. The highest BCUT2D eigenvalue weighted by Gasteiger charge is 2.07. The maximum absolute atomic E-state index is 12.0. The number of benzene rings is 1. The van der Waals surface area contributed by atoms with Crippen LogP contribution in [0.4, 0.5) is 10.5 Å². The van der Waals surface area contributed by atoms with Crippen molar-refractivity contribution in [2.24, 2.45) is 0 Å². The summed E-state index contributed by atoms with van der Waals surface area (Å²) < 4.78 is 6.68. The van der Waals surface area contributed by atoms with E-state index in [1.807, 2.05) is 32.0 Å². The molecule has 0 atom stereocenters. The Labute approximate surface area is 157 Å². The van der Waals surface area contributed by atoms with E-state index in [4.69, 9.17) is 4.42 Å². The maximum Gasteiger partial charge on any atom is 0.319 e. The molecule has 2 N–H and O–H groups in total. The molecule has 0 radical (unpaired) electrons. The van der Waals surface area contributed by atoms with Crippen molar-refractivity contribution in [3.05, 3.63) is 70.2 Å². The minimum absolute atomic E-state index is 0.190. The number of amides is 2. The van der Waals surface area contributed by atoms with Crippen LogP contribution in [0.1, 0.15) is 17.5 Å². The van der Waals surface area contributed by atoms with Crippen LogP contribution in [0, 0.1) is 13.8 Å². The molecule has 3 aromatic rings. The Hall–Kier alpha value is -3.35. The fraction of sp³-hybridized carbons (Fsp3) is 0.250. The predicted molar refractivity (Wildman–Crippen MR) is 104 cm³/mol. The molecule has 0 aliphatic carbocycles. The molecule has 7 nitrogen and oxygen atoms in total. The largest absolute Gasteiger partial charge is 0.463 e. The molecule has 2 heterocycles. The molecule has 0 spiro atoms. The van der Waals surface area contributed by atoms with E-state index in [1.165, 1.54) is 10.7 Å². The second-order valence-electron chi connectivity index (χ2n) is 6.31. The number of anilines is 1. The molecular weight excluding hydrogens is 344 g/mol. The predicted octanol–water partition coefficient (Wildman–Crippen LogP) is 3.33. The van der Waals surface area contributed by atoms with Crippen LogP contribution in [0.25, 0.3) is 11.5 Å². The van der Waals surface area contributed by atoms with Gasteiger partial charge in [-0.25, -0.2) is 9.48 Å². The Morgan fingerprint density at radius 3 is 2.78 bits per heavy atom. The second-order valence-corrected chi connectivity index (χ2v) is 6.31. The van der Waals surface area contributed by atoms with Gasteiger partial charge >= 0.3 is 6.03 Å². The Balaban J connectivity index is 1.50. The zero-order valence-electron chi connectivity index (χ0n) is 15.4. The highest BCUT2D eigenvalue weighted by molar-refractivity contribution is 5.90. The summed E-state index contributed by atoms with van der Waals surface area (Å²) in [5.41, 5.74) is 3.34. The van der Waals surface area contributed by atoms with Gasteiger partial charge < -0.3 is 15.1 Å². The molecule has 0 fully saturated rings. The lowest BCUT2D eigenvalue weighted by Crippen LogP contribution is -2.31. The summed E-state index contributed by atoms with van der Waals surface area (Å²) in [5.74, 6) is 0.606. The van der Waals surface area contributed by atoms with Gasteiger partial charge in [0, 0.05) is 24.8 Å². The number of nitrogens with zero attached hydrogens (tertiary/aromatic N) is 2. The third kappa shape index (κ3) is 4.84. The van der Waals surface area contributed by atoms with Crippen LogP contribution < -0.4 is 16.2 Å². The highest BCUT2D eigenvalue weighted by Crippen LogP contribution is 2.16. The monoisotopic (exact) mass is 366 g/mol. The van der Waals surface area contributed by atoms with Crippen LogP contribution in [-0.4, -0.2) is 22.4 Å². The lowest BCUT2D eigenvalue weighted by Gasteiger charge is -2.11. The number of aromatic nitrogens is 2. The van der Waals surface area contributed by atoms with Crippen LogP contribution in [0.15, 0.2) is 57.9 Å². The van der Waals surface area contributed by atoms with Crippen molar-refractivity contribution in [3.63, 3.8) is 0 Å². The van der Waals surface area contributed by atoms with Crippen LogP contribution in [-0.2, 0) is 6.54 Å². The Morgan fingerprint density at radius 1 is 1.19 bits per heavy atom. The number of carbonyl (C=O) groups is 1. The third-order valence-electron chi connectivity index (χ3n) is 4.10. The smallest absolute Gasteiger partial charge is 0.319 e. The number of carbonyl (C=O) groups excluding carboxylic acids is 1. The zero-order valence-corrected chi connectivity index (χ0v) is 15.4. The van der Waals surface area contributed by atoms with Crippen LogP contribution >= 0.6 is 0 Å². The van der Waals surface area contributed by atoms with Crippen molar-refractivity contribution >= 4 is 11.7 Å². The number of urea groups is 1. The minimum atomic E-state index is -0.272. The van der Waals surface area contributed by atoms with E-state index in [1.54, 1.807) is 24.5 Å². The minimum Gasteiger partial charge on any atom is -0.463 e. The molecule has 0 bridgehead atoms. The average Bonchev–Trinajstić information content (AvgIpc) is 3.17. The van der Waals surface area contributed by atoms with E-state index in [2.05, 4.69) is 15.7 Å². The summed E-state index contributed by atoms with van der Waals surface area (Å²) in [6.07, 6.45) is 2.14. The van der Waals surface area contributed by atoms with Gasteiger partial charge in [-0.1, -0.05) is 17.7 Å². The SMILES string of the molecule is Cc1ccc(NC(=O)NCCCn2nc(-c3ccco3)ccc2=O)c(C)c1. The van der Waals surface area contributed by atoms with Crippen LogP contribution in [0.2, 0.25) is 0 Å². The number of aryl methyl sites for hydroxylation is 3. The second kappa shape index (κ2) is 8.35. The van der Waals surface area contributed by atoms with E-state index in [0.717, 1.165) is 16.8 Å². The number of hydrogen-bond donors (Lipinski definition) is 2. The number of furan rings is 1. The summed E-state index contributed by atoms with van der Waals surface area (Å²) >= 11 is 0. The summed E-state index contributed by atoms with van der Waals surface area (Å²) in [7, 11) is 0. The topological polar surface area (TPSA) is 89.2 Å². The molecule has 7 heteroatoms. The van der Waals surface area contributed by atoms with Gasteiger partial charge in [0.15, 0.2) is 5.76 Å². The summed E-state index contributed by atoms with van der Waals surface area (Å²) in [4.78, 5) is 24.0. The van der Waals surface area contributed by atoms with Gasteiger partial charge in [-0.05, 0) is 50.1 Å². The summed E-state index contributed by atoms with van der Waals surface area (Å²) in [6, 6.07) is 12.2. The van der Waals surface area contributed by atoms with Gasteiger partial charge in [-0.2, -0.15) is 5.10 Å². The quantitative estimate of drug-likeness (QED) is 0.655. The molecule has 140 valence electrons. The van der Waals surface area contributed by atoms with Gasteiger partial charge in [0.2, 0.25) is 0 Å². The van der Waals surface area contributed by atoms with E-state index < -0.39 is 0 Å². The Morgan fingerprint density at radius 2 is 2.04 bits per heavy atom. The molecule has 27 heavy (non-hydrogen) atoms. The maximum atomic E-state index is 12.0. The molecule has 0 aliphatic heterocycles. The van der Waals surface area contributed by atoms with Crippen LogP contribution in [0.3, 0.4) is 0 Å².